The lowest BCUT2D eigenvalue weighted by molar-refractivity contribution is -0.118. The van der Waals surface area contributed by atoms with E-state index in [1.807, 2.05) is 13.8 Å². The second-order valence-electron chi connectivity index (χ2n) is 5.62. The molecular formula is C16H15Cl3N4O. The summed E-state index contributed by atoms with van der Waals surface area (Å²) in [5, 5.41) is 17.5. The van der Waals surface area contributed by atoms with Crippen LogP contribution >= 0.6 is 34.8 Å². The second-order valence-corrected chi connectivity index (χ2v) is 6.78. The van der Waals surface area contributed by atoms with Gasteiger partial charge in [0.2, 0.25) is 0 Å². The van der Waals surface area contributed by atoms with Crippen LogP contribution in [0.25, 0.3) is 5.69 Å². The average Bonchev–Trinajstić information content (AvgIpc) is 2.92. The van der Waals surface area contributed by atoms with E-state index in [0.717, 1.165) is 0 Å². The maximum absolute atomic E-state index is 11.8. The van der Waals surface area contributed by atoms with Crippen LogP contribution in [0.5, 0.6) is 0 Å². The van der Waals surface area contributed by atoms with E-state index in [0.29, 0.717) is 22.1 Å². The predicted molar refractivity (Wildman–Crippen MR) is 96.2 cm³/mol. The minimum atomic E-state index is -0.440. The number of anilines is 1. The molecule has 0 aliphatic heterocycles. The molecule has 1 atom stereocenters. The summed E-state index contributed by atoms with van der Waals surface area (Å²) in [7, 11) is 0. The van der Waals surface area contributed by atoms with E-state index in [9.17, 15) is 10.1 Å². The van der Waals surface area contributed by atoms with Crippen LogP contribution in [0.15, 0.2) is 18.3 Å². The zero-order chi connectivity index (χ0) is 18.0. The van der Waals surface area contributed by atoms with Crippen LogP contribution in [-0.4, -0.2) is 21.6 Å². The maximum Gasteiger partial charge on any atom is 0.167 e. The number of hydrogen-bond donors (Lipinski definition) is 1. The van der Waals surface area contributed by atoms with Crippen LogP contribution in [-0.2, 0) is 4.79 Å². The van der Waals surface area contributed by atoms with Crippen LogP contribution < -0.4 is 5.32 Å². The number of aromatic nitrogens is 2. The Morgan fingerprint density at radius 1 is 1.29 bits per heavy atom. The van der Waals surface area contributed by atoms with Gasteiger partial charge in [0.25, 0.3) is 0 Å². The minimum Gasteiger partial charge on any atom is -0.357 e. The molecule has 1 N–H and O–H groups in total. The quantitative estimate of drug-likeness (QED) is 0.755. The smallest absolute Gasteiger partial charge is 0.167 e. The third kappa shape index (κ3) is 3.67. The average molecular weight is 386 g/mol. The van der Waals surface area contributed by atoms with Crippen molar-refractivity contribution < 1.29 is 4.79 Å². The monoisotopic (exact) mass is 384 g/mol. The van der Waals surface area contributed by atoms with Crippen molar-refractivity contribution in [2.24, 2.45) is 5.92 Å². The molecule has 5 nitrogen and oxygen atoms in total. The first kappa shape index (κ1) is 18.6. The number of hydrogen-bond acceptors (Lipinski definition) is 4. The Morgan fingerprint density at radius 2 is 1.96 bits per heavy atom. The summed E-state index contributed by atoms with van der Waals surface area (Å²) in [5.74, 6) is 0.331. The molecule has 0 amide bonds. The van der Waals surface area contributed by atoms with Crippen LogP contribution in [0, 0.1) is 17.2 Å². The van der Waals surface area contributed by atoms with Crippen molar-refractivity contribution in [3.05, 3.63) is 39.0 Å². The van der Waals surface area contributed by atoms with E-state index >= 15 is 0 Å². The van der Waals surface area contributed by atoms with Gasteiger partial charge in [-0.25, -0.2) is 4.68 Å². The predicted octanol–water partition coefficient (Wildman–Crippen LogP) is 4.73. The molecular weight excluding hydrogens is 371 g/mol. The van der Waals surface area contributed by atoms with Gasteiger partial charge in [-0.1, -0.05) is 48.7 Å². The molecule has 24 heavy (non-hydrogen) atoms. The molecule has 0 saturated heterocycles. The number of carbonyl (C=O) groups is 1. The number of nitrogens with zero attached hydrogens (tertiary/aromatic N) is 3. The number of halogens is 3. The molecule has 0 saturated carbocycles. The van der Waals surface area contributed by atoms with E-state index in [2.05, 4.69) is 16.5 Å². The largest absolute Gasteiger partial charge is 0.357 e. The maximum atomic E-state index is 11.8. The number of benzene rings is 1. The molecule has 1 aromatic heterocycles. The second kappa shape index (κ2) is 7.43. The third-order valence-electron chi connectivity index (χ3n) is 3.49. The molecule has 0 aliphatic carbocycles. The van der Waals surface area contributed by atoms with Crippen LogP contribution in [0.1, 0.15) is 26.3 Å². The Morgan fingerprint density at radius 3 is 2.50 bits per heavy atom. The number of carbonyl (C=O) groups excluding carboxylic acids is 1. The zero-order valence-electron chi connectivity index (χ0n) is 13.3. The summed E-state index contributed by atoms with van der Waals surface area (Å²) in [6.45, 7) is 5.33. The van der Waals surface area contributed by atoms with Crippen LogP contribution in [0.4, 0.5) is 5.82 Å². The van der Waals surface area contributed by atoms with E-state index in [4.69, 9.17) is 34.8 Å². The molecule has 0 fully saturated rings. The molecule has 2 rings (SSSR count). The van der Waals surface area contributed by atoms with Gasteiger partial charge in [-0.3, -0.25) is 4.79 Å². The lowest BCUT2D eigenvalue weighted by Crippen LogP contribution is -2.33. The number of nitrogens with one attached hydrogen (secondary N) is 1. The first-order valence-corrected chi connectivity index (χ1v) is 8.30. The molecule has 0 radical (unpaired) electrons. The van der Waals surface area contributed by atoms with Crippen molar-refractivity contribution in [3.8, 4) is 11.8 Å². The number of nitriles is 1. The van der Waals surface area contributed by atoms with E-state index in [1.165, 1.54) is 17.8 Å². The molecule has 126 valence electrons. The van der Waals surface area contributed by atoms with Gasteiger partial charge >= 0.3 is 0 Å². The van der Waals surface area contributed by atoms with Crippen molar-refractivity contribution in [1.29, 1.82) is 5.26 Å². The highest BCUT2D eigenvalue weighted by molar-refractivity contribution is 6.48. The molecule has 8 heteroatoms. The topological polar surface area (TPSA) is 70.7 Å². The molecule has 0 bridgehead atoms. The number of rotatable bonds is 5. The van der Waals surface area contributed by atoms with Crippen LogP contribution in [0.2, 0.25) is 15.1 Å². The van der Waals surface area contributed by atoms with E-state index in [-0.39, 0.29) is 21.7 Å². The Kier molecular flexibility index (Phi) is 5.76. The molecule has 2 aromatic rings. The Hall–Kier alpha value is -1.74. The van der Waals surface area contributed by atoms with Gasteiger partial charge in [-0.2, -0.15) is 5.26 Å². The first-order valence-electron chi connectivity index (χ1n) is 7.16. The van der Waals surface area contributed by atoms with Crippen LogP contribution in [0.3, 0.4) is 0 Å². The van der Waals surface area contributed by atoms with E-state index in [1.54, 1.807) is 12.1 Å². The van der Waals surface area contributed by atoms with Crippen molar-refractivity contribution in [2.75, 3.05) is 5.32 Å². The molecule has 0 spiro atoms. The van der Waals surface area contributed by atoms with Gasteiger partial charge in [-0.15, -0.1) is 5.10 Å². The fourth-order valence-electron chi connectivity index (χ4n) is 2.26. The molecule has 1 aromatic carbocycles. The fraction of sp³-hybridized carbons (Fsp3) is 0.312. The summed E-state index contributed by atoms with van der Waals surface area (Å²) < 4.78 is 1.43. The molecule has 1 unspecified atom stereocenters. The van der Waals surface area contributed by atoms with Gasteiger partial charge in [0.15, 0.2) is 11.6 Å². The summed E-state index contributed by atoms with van der Waals surface area (Å²) in [6.07, 6.45) is 1.52. The van der Waals surface area contributed by atoms with Gasteiger partial charge in [0.1, 0.15) is 11.6 Å². The normalized spacial score (nSPS) is 12.1. The summed E-state index contributed by atoms with van der Waals surface area (Å²) in [5.41, 5.74) is 0.781. The highest BCUT2D eigenvalue weighted by atomic mass is 35.5. The highest BCUT2D eigenvalue weighted by Crippen LogP contribution is 2.35. The summed E-state index contributed by atoms with van der Waals surface area (Å²) in [6, 6.07) is 4.86. The molecule has 0 aliphatic rings. The van der Waals surface area contributed by atoms with Crippen molar-refractivity contribution in [3.63, 3.8) is 0 Å². The lowest BCUT2D eigenvalue weighted by Gasteiger charge is -2.19. The van der Waals surface area contributed by atoms with Gasteiger partial charge in [0.05, 0.1) is 33.0 Å². The highest BCUT2D eigenvalue weighted by Gasteiger charge is 2.22. The number of ketones is 1. The van der Waals surface area contributed by atoms with Crippen molar-refractivity contribution in [1.82, 2.24) is 9.78 Å². The summed E-state index contributed by atoms with van der Waals surface area (Å²) >= 11 is 18.2. The SMILES string of the molecule is CC(=O)C(Nc1nn(-c2ccc(Cl)c(Cl)c2Cl)cc1C#N)C(C)C. The fourth-order valence-corrected chi connectivity index (χ4v) is 2.88. The van der Waals surface area contributed by atoms with Crippen molar-refractivity contribution >= 4 is 46.4 Å². The summed E-state index contributed by atoms with van der Waals surface area (Å²) in [4.78, 5) is 11.8. The Bertz CT molecular complexity index is 823. The minimum absolute atomic E-state index is 0.0315. The lowest BCUT2D eigenvalue weighted by atomic mass is 10.0. The van der Waals surface area contributed by atoms with Gasteiger partial charge in [0, 0.05) is 0 Å². The molecule has 1 heterocycles. The number of Topliss-reactive ketones (excluding diaryl/α,β-unsaturated/α-hetero) is 1. The Balaban J connectivity index is 2.47. The zero-order valence-corrected chi connectivity index (χ0v) is 15.5. The van der Waals surface area contributed by atoms with Gasteiger partial charge in [-0.05, 0) is 25.0 Å². The van der Waals surface area contributed by atoms with Crippen molar-refractivity contribution in [2.45, 2.75) is 26.8 Å². The van der Waals surface area contributed by atoms with Gasteiger partial charge < -0.3 is 5.32 Å². The Labute approximate surface area is 155 Å². The third-order valence-corrected chi connectivity index (χ3v) is 4.78. The standard InChI is InChI=1S/C16H15Cl3N4O/c1-8(2)15(9(3)24)21-16-10(6-20)7-23(22-16)12-5-4-11(17)13(18)14(12)19/h4-5,7-8,15H,1-3H3,(H,21,22). The van der Waals surface area contributed by atoms with E-state index < -0.39 is 6.04 Å². The first-order chi connectivity index (χ1) is 11.3.